The summed E-state index contributed by atoms with van der Waals surface area (Å²) in [6.45, 7) is 0. The smallest absolute Gasteiger partial charge is 0.378 e. The molecule has 1 atom stereocenters. The van der Waals surface area contributed by atoms with E-state index in [4.69, 9.17) is 0 Å². The van der Waals surface area contributed by atoms with Gasteiger partial charge >= 0.3 is 18.0 Å². The number of rotatable bonds is 5. The Hall–Kier alpha value is -1.51. The molecular formula is C14H16F7NO. The van der Waals surface area contributed by atoms with Gasteiger partial charge in [0.15, 0.2) is 0 Å². The lowest BCUT2D eigenvalue weighted by Crippen LogP contribution is -2.54. The monoisotopic (exact) mass is 347 g/mol. The van der Waals surface area contributed by atoms with Gasteiger partial charge in [-0.05, 0) is 17.7 Å². The van der Waals surface area contributed by atoms with Gasteiger partial charge in [0.25, 0.3) is 0 Å². The molecule has 2 nitrogen and oxygen atoms in total. The largest absolute Gasteiger partial charge is 0.431 e. The SMILES string of the molecule is COC(CC(F)(C(F)(F)F)C(F)(F)F)c1ccc(N(C)C)cc1. The van der Waals surface area contributed by atoms with E-state index in [1.165, 1.54) is 24.3 Å². The van der Waals surface area contributed by atoms with Crippen LogP contribution in [-0.2, 0) is 4.74 Å². The molecule has 0 N–H and O–H groups in total. The first-order valence-corrected chi connectivity index (χ1v) is 6.46. The topological polar surface area (TPSA) is 12.5 Å². The first-order valence-electron chi connectivity index (χ1n) is 6.46. The summed E-state index contributed by atoms with van der Waals surface area (Å²) in [5.41, 5.74) is -4.64. The third-order valence-electron chi connectivity index (χ3n) is 3.43. The molecule has 0 saturated carbocycles. The molecule has 0 aliphatic rings. The highest BCUT2D eigenvalue weighted by molar-refractivity contribution is 5.46. The lowest BCUT2D eigenvalue weighted by atomic mass is 9.92. The molecule has 0 bridgehead atoms. The predicted octanol–water partition coefficient (Wildman–Crippen LogP) is 4.66. The van der Waals surface area contributed by atoms with Gasteiger partial charge in [0.1, 0.15) is 0 Å². The van der Waals surface area contributed by atoms with Crippen molar-refractivity contribution in [3.8, 4) is 0 Å². The van der Waals surface area contributed by atoms with Crippen molar-refractivity contribution in [1.29, 1.82) is 0 Å². The Morgan fingerprint density at radius 2 is 1.35 bits per heavy atom. The van der Waals surface area contributed by atoms with Gasteiger partial charge < -0.3 is 9.64 Å². The van der Waals surface area contributed by atoms with Crippen LogP contribution in [0.2, 0.25) is 0 Å². The Morgan fingerprint density at radius 1 is 0.913 bits per heavy atom. The van der Waals surface area contributed by atoms with E-state index in [1.807, 2.05) is 0 Å². The molecule has 0 aromatic heterocycles. The van der Waals surface area contributed by atoms with Crippen LogP contribution in [0.1, 0.15) is 18.1 Å². The Balaban J connectivity index is 3.14. The van der Waals surface area contributed by atoms with Crippen LogP contribution in [0.5, 0.6) is 0 Å². The fraction of sp³-hybridized carbons (Fsp3) is 0.571. The predicted molar refractivity (Wildman–Crippen MR) is 71.1 cm³/mol. The molecule has 0 spiro atoms. The zero-order valence-corrected chi connectivity index (χ0v) is 12.6. The Bertz CT molecular complexity index is 493. The molecule has 0 fully saturated rings. The summed E-state index contributed by atoms with van der Waals surface area (Å²) >= 11 is 0. The quantitative estimate of drug-likeness (QED) is 0.718. The lowest BCUT2D eigenvalue weighted by Gasteiger charge is -2.32. The van der Waals surface area contributed by atoms with E-state index in [0.717, 1.165) is 7.11 Å². The maximum absolute atomic E-state index is 13.8. The van der Waals surface area contributed by atoms with Crippen molar-refractivity contribution in [2.75, 3.05) is 26.1 Å². The summed E-state index contributed by atoms with van der Waals surface area (Å²) in [5.74, 6) is 0. The van der Waals surface area contributed by atoms with Crippen molar-refractivity contribution in [3.05, 3.63) is 29.8 Å². The molecule has 132 valence electrons. The molecule has 9 heteroatoms. The zero-order valence-electron chi connectivity index (χ0n) is 12.6. The molecule has 0 heterocycles. The van der Waals surface area contributed by atoms with Crippen LogP contribution in [0.25, 0.3) is 0 Å². The van der Waals surface area contributed by atoms with E-state index in [1.54, 1.807) is 19.0 Å². The molecule has 0 saturated heterocycles. The molecule has 1 aromatic rings. The molecule has 0 aliphatic carbocycles. The molecule has 1 aromatic carbocycles. The zero-order chi connectivity index (χ0) is 18.1. The van der Waals surface area contributed by atoms with Crippen LogP contribution in [0.3, 0.4) is 0 Å². The standard InChI is InChI=1S/C14H16F7NO/c1-22(2)10-6-4-9(5-7-10)11(23-3)8-12(15,13(16,17)18)14(19,20)21/h4-7,11H,8H2,1-3H3. The highest BCUT2D eigenvalue weighted by atomic mass is 19.4. The highest BCUT2D eigenvalue weighted by Gasteiger charge is 2.72. The fourth-order valence-electron chi connectivity index (χ4n) is 1.97. The van der Waals surface area contributed by atoms with Gasteiger partial charge in [-0.3, -0.25) is 0 Å². The van der Waals surface area contributed by atoms with Gasteiger partial charge in [0.05, 0.1) is 6.10 Å². The number of hydrogen-bond acceptors (Lipinski definition) is 2. The molecular weight excluding hydrogens is 331 g/mol. The summed E-state index contributed by atoms with van der Waals surface area (Å²) in [5, 5.41) is 0. The second kappa shape index (κ2) is 6.54. The van der Waals surface area contributed by atoms with Crippen molar-refractivity contribution < 1.29 is 35.5 Å². The Kier molecular flexibility index (Phi) is 5.56. The van der Waals surface area contributed by atoms with Gasteiger partial charge in [-0.25, -0.2) is 4.39 Å². The first kappa shape index (κ1) is 19.5. The van der Waals surface area contributed by atoms with Gasteiger partial charge in [-0.15, -0.1) is 0 Å². The number of alkyl halides is 7. The van der Waals surface area contributed by atoms with Crippen LogP contribution in [0, 0.1) is 0 Å². The number of benzene rings is 1. The molecule has 23 heavy (non-hydrogen) atoms. The summed E-state index contributed by atoms with van der Waals surface area (Å²) in [4.78, 5) is 1.69. The lowest BCUT2D eigenvalue weighted by molar-refractivity contribution is -0.348. The first-order chi connectivity index (χ1) is 10.3. The Morgan fingerprint density at radius 3 is 1.65 bits per heavy atom. The van der Waals surface area contributed by atoms with Gasteiger partial charge in [-0.2, -0.15) is 26.3 Å². The second-order valence-electron chi connectivity index (χ2n) is 5.21. The van der Waals surface area contributed by atoms with Gasteiger partial charge in [0, 0.05) is 33.3 Å². The number of halogens is 7. The van der Waals surface area contributed by atoms with Crippen LogP contribution in [-0.4, -0.2) is 39.2 Å². The van der Waals surface area contributed by atoms with Crippen LogP contribution >= 0.6 is 0 Å². The molecule has 0 radical (unpaired) electrons. The fourth-order valence-corrected chi connectivity index (χ4v) is 1.97. The highest BCUT2D eigenvalue weighted by Crippen LogP contribution is 2.51. The van der Waals surface area contributed by atoms with Crippen molar-refractivity contribution >= 4 is 5.69 Å². The van der Waals surface area contributed by atoms with E-state index in [2.05, 4.69) is 4.74 Å². The number of methoxy groups -OCH3 is 1. The number of hydrogen-bond donors (Lipinski definition) is 0. The normalized spacial score (nSPS) is 14.7. The summed E-state index contributed by atoms with van der Waals surface area (Å²) in [6.07, 6.45) is -15.8. The summed E-state index contributed by atoms with van der Waals surface area (Å²) in [6, 6.07) is 5.58. The summed E-state index contributed by atoms with van der Waals surface area (Å²) in [7, 11) is 4.35. The maximum Gasteiger partial charge on any atom is 0.431 e. The molecule has 0 amide bonds. The van der Waals surface area contributed by atoms with E-state index in [-0.39, 0.29) is 5.56 Å². The van der Waals surface area contributed by atoms with Gasteiger partial charge in [0.2, 0.25) is 0 Å². The van der Waals surface area contributed by atoms with E-state index < -0.39 is 30.5 Å². The van der Waals surface area contributed by atoms with Crippen LogP contribution in [0.15, 0.2) is 24.3 Å². The minimum Gasteiger partial charge on any atom is -0.378 e. The van der Waals surface area contributed by atoms with Crippen molar-refractivity contribution in [3.63, 3.8) is 0 Å². The number of nitrogens with zero attached hydrogens (tertiary/aromatic N) is 1. The Labute approximate surface area is 128 Å². The van der Waals surface area contributed by atoms with E-state index in [0.29, 0.717) is 5.69 Å². The molecule has 0 aliphatic heterocycles. The maximum atomic E-state index is 13.8. The van der Waals surface area contributed by atoms with Gasteiger partial charge in [-0.1, -0.05) is 12.1 Å². The van der Waals surface area contributed by atoms with E-state index >= 15 is 0 Å². The minimum atomic E-state index is -6.09. The third-order valence-corrected chi connectivity index (χ3v) is 3.43. The van der Waals surface area contributed by atoms with Crippen molar-refractivity contribution in [1.82, 2.24) is 0 Å². The number of anilines is 1. The average Bonchev–Trinajstić information content (AvgIpc) is 2.42. The average molecular weight is 347 g/mol. The van der Waals surface area contributed by atoms with Crippen molar-refractivity contribution in [2.24, 2.45) is 0 Å². The minimum absolute atomic E-state index is 0.0219. The summed E-state index contributed by atoms with van der Waals surface area (Å²) < 4.78 is 94.2. The van der Waals surface area contributed by atoms with E-state index in [9.17, 15) is 30.7 Å². The molecule has 1 unspecified atom stereocenters. The number of ether oxygens (including phenoxy) is 1. The second-order valence-corrected chi connectivity index (χ2v) is 5.21. The van der Waals surface area contributed by atoms with Crippen LogP contribution in [0.4, 0.5) is 36.4 Å². The van der Waals surface area contributed by atoms with Crippen LogP contribution < -0.4 is 4.90 Å². The third kappa shape index (κ3) is 4.07. The molecule has 1 rings (SSSR count). The van der Waals surface area contributed by atoms with Crippen molar-refractivity contribution in [2.45, 2.75) is 30.5 Å².